The van der Waals surface area contributed by atoms with Gasteiger partial charge < -0.3 is 4.90 Å². The van der Waals surface area contributed by atoms with E-state index in [0.717, 1.165) is 24.9 Å². The molecule has 0 unspecified atom stereocenters. The first-order chi connectivity index (χ1) is 7.24. The van der Waals surface area contributed by atoms with Gasteiger partial charge in [0.25, 0.3) is 0 Å². The summed E-state index contributed by atoms with van der Waals surface area (Å²) in [7, 11) is 0. The molecule has 0 radical (unpaired) electrons. The minimum atomic E-state index is 0.165. The Bertz CT molecular complexity index is 373. The van der Waals surface area contributed by atoms with Crippen molar-refractivity contribution in [2.24, 2.45) is 0 Å². The van der Waals surface area contributed by atoms with Crippen LogP contribution in [0.4, 0.5) is 5.69 Å². The molecule has 2 rings (SSSR count). The van der Waals surface area contributed by atoms with Crippen molar-refractivity contribution < 1.29 is 4.79 Å². The van der Waals surface area contributed by atoms with Gasteiger partial charge in [-0.2, -0.15) is 0 Å². The maximum absolute atomic E-state index is 11.6. The van der Waals surface area contributed by atoms with Crippen LogP contribution in [0.3, 0.4) is 0 Å². The van der Waals surface area contributed by atoms with E-state index in [1.807, 2.05) is 23.1 Å². The number of carbonyl (C=O) groups is 1. The summed E-state index contributed by atoms with van der Waals surface area (Å²) in [5.74, 6) is 0.165. The van der Waals surface area contributed by atoms with Gasteiger partial charge in [0.1, 0.15) is 0 Å². The quantitative estimate of drug-likeness (QED) is 0.723. The molecule has 1 aromatic carbocycles. The zero-order chi connectivity index (χ0) is 10.8. The number of hydrogen-bond donors (Lipinski definition) is 0. The number of carbonyl (C=O) groups excluding carboxylic acids is 1. The first-order valence-electron chi connectivity index (χ1n) is 5.61. The van der Waals surface area contributed by atoms with Crippen molar-refractivity contribution in [2.45, 2.75) is 39.2 Å². The molecule has 0 saturated heterocycles. The predicted molar refractivity (Wildman–Crippen MR) is 62.0 cm³/mol. The Morgan fingerprint density at radius 3 is 2.87 bits per heavy atom. The van der Waals surface area contributed by atoms with Crippen molar-refractivity contribution in [2.75, 3.05) is 4.90 Å². The minimum Gasteiger partial charge on any atom is -0.309 e. The molecule has 0 spiro atoms. The maximum atomic E-state index is 11.6. The van der Waals surface area contributed by atoms with E-state index >= 15 is 0 Å². The van der Waals surface area contributed by atoms with Crippen LogP contribution in [0.2, 0.25) is 0 Å². The second kappa shape index (κ2) is 4.05. The van der Waals surface area contributed by atoms with Crippen LogP contribution < -0.4 is 4.90 Å². The van der Waals surface area contributed by atoms with Gasteiger partial charge in [-0.15, -0.1) is 0 Å². The van der Waals surface area contributed by atoms with Gasteiger partial charge in [-0.3, -0.25) is 4.79 Å². The molecule has 80 valence electrons. The minimum absolute atomic E-state index is 0.165. The molecule has 1 heterocycles. The number of nitrogens with zero attached hydrogens (tertiary/aromatic N) is 1. The third kappa shape index (κ3) is 1.76. The smallest absolute Gasteiger partial charge is 0.224 e. The largest absolute Gasteiger partial charge is 0.309 e. The molecule has 0 fully saturated rings. The molecule has 2 nitrogen and oxygen atoms in total. The van der Waals surface area contributed by atoms with Crippen LogP contribution in [-0.4, -0.2) is 11.9 Å². The number of para-hydroxylation sites is 1. The van der Waals surface area contributed by atoms with Gasteiger partial charge in [0.05, 0.1) is 0 Å². The second-order valence-electron chi connectivity index (χ2n) is 4.16. The summed E-state index contributed by atoms with van der Waals surface area (Å²) in [5.41, 5.74) is 2.43. The third-order valence-electron chi connectivity index (χ3n) is 3.03. The molecule has 0 aliphatic carbocycles. The van der Waals surface area contributed by atoms with Crippen LogP contribution in [-0.2, 0) is 11.2 Å². The van der Waals surface area contributed by atoms with Gasteiger partial charge >= 0.3 is 0 Å². The van der Waals surface area contributed by atoms with E-state index in [1.165, 1.54) is 5.56 Å². The van der Waals surface area contributed by atoms with E-state index in [2.05, 4.69) is 13.0 Å². The third-order valence-corrected chi connectivity index (χ3v) is 3.03. The number of hydrogen-bond acceptors (Lipinski definition) is 1. The molecule has 15 heavy (non-hydrogen) atoms. The molecule has 0 N–H and O–H groups in total. The molecule has 1 amide bonds. The summed E-state index contributed by atoms with van der Waals surface area (Å²) >= 11 is 0. The molecule has 0 saturated carbocycles. The van der Waals surface area contributed by atoms with Crippen molar-refractivity contribution in [1.29, 1.82) is 0 Å². The summed E-state index contributed by atoms with van der Waals surface area (Å²) in [5, 5.41) is 0. The molecular weight excluding hydrogens is 186 g/mol. The Morgan fingerprint density at radius 2 is 2.20 bits per heavy atom. The molecule has 0 bridgehead atoms. The highest BCUT2D eigenvalue weighted by Gasteiger charge is 2.30. The van der Waals surface area contributed by atoms with Crippen molar-refractivity contribution >= 4 is 11.6 Å². The topological polar surface area (TPSA) is 20.3 Å². The summed E-state index contributed by atoms with van der Waals surface area (Å²) in [6.45, 7) is 3.83. The number of fused-ring (bicyclic) bond motifs is 1. The van der Waals surface area contributed by atoms with E-state index in [-0.39, 0.29) is 5.91 Å². The SMILES string of the molecule is CCC[C@H]1Cc2ccccc2N1C(C)=O. The summed E-state index contributed by atoms with van der Waals surface area (Å²) in [6.07, 6.45) is 3.24. The molecule has 1 aliphatic heterocycles. The van der Waals surface area contributed by atoms with Crippen molar-refractivity contribution in [3.8, 4) is 0 Å². The Morgan fingerprint density at radius 1 is 1.47 bits per heavy atom. The number of rotatable bonds is 2. The lowest BCUT2D eigenvalue weighted by atomic mass is 10.1. The van der Waals surface area contributed by atoms with Gasteiger partial charge in [0.15, 0.2) is 0 Å². The molecule has 1 atom stereocenters. The van der Waals surface area contributed by atoms with Crippen molar-refractivity contribution in [3.05, 3.63) is 29.8 Å². The fourth-order valence-corrected chi connectivity index (χ4v) is 2.45. The van der Waals surface area contributed by atoms with E-state index < -0.39 is 0 Å². The first-order valence-corrected chi connectivity index (χ1v) is 5.61. The molecule has 0 aromatic heterocycles. The predicted octanol–water partition coefficient (Wildman–Crippen LogP) is 2.76. The van der Waals surface area contributed by atoms with Gasteiger partial charge in [-0.1, -0.05) is 31.5 Å². The summed E-state index contributed by atoms with van der Waals surface area (Å²) in [6, 6.07) is 8.60. The van der Waals surface area contributed by atoms with Gasteiger partial charge in [-0.05, 0) is 24.5 Å². The van der Waals surface area contributed by atoms with Gasteiger partial charge in [0, 0.05) is 18.7 Å². The second-order valence-corrected chi connectivity index (χ2v) is 4.16. The average Bonchev–Trinajstić information content (AvgIpc) is 2.56. The van der Waals surface area contributed by atoms with Crippen LogP contribution in [0.15, 0.2) is 24.3 Å². The van der Waals surface area contributed by atoms with Crippen LogP contribution in [0.1, 0.15) is 32.3 Å². The van der Waals surface area contributed by atoms with Crippen LogP contribution >= 0.6 is 0 Å². The lowest BCUT2D eigenvalue weighted by molar-refractivity contribution is -0.116. The van der Waals surface area contributed by atoms with Crippen molar-refractivity contribution in [3.63, 3.8) is 0 Å². The Hall–Kier alpha value is -1.31. The number of benzene rings is 1. The Kier molecular flexibility index (Phi) is 2.76. The first kappa shape index (κ1) is 10.2. The summed E-state index contributed by atoms with van der Waals surface area (Å²) in [4.78, 5) is 13.6. The average molecular weight is 203 g/mol. The molecular formula is C13H17NO. The normalized spacial score (nSPS) is 19.1. The highest BCUT2D eigenvalue weighted by molar-refractivity contribution is 5.94. The fraction of sp³-hybridized carbons (Fsp3) is 0.462. The Balaban J connectivity index is 2.33. The van der Waals surface area contributed by atoms with Crippen LogP contribution in [0, 0.1) is 0 Å². The van der Waals surface area contributed by atoms with Crippen molar-refractivity contribution in [1.82, 2.24) is 0 Å². The lowest BCUT2D eigenvalue weighted by Crippen LogP contribution is -2.35. The van der Waals surface area contributed by atoms with Gasteiger partial charge in [0.2, 0.25) is 5.91 Å². The highest BCUT2D eigenvalue weighted by atomic mass is 16.2. The fourth-order valence-electron chi connectivity index (χ4n) is 2.45. The maximum Gasteiger partial charge on any atom is 0.224 e. The molecule has 1 aliphatic rings. The van der Waals surface area contributed by atoms with E-state index in [0.29, 0.717) is 6.04 Å². The zero-order valence-corrected chi connectivity index (χ0v) is 9.36. The molecule has 1 aromatic rings. The van der Waals surface area contributed by atoms with Gasteiger partial charge in [-0.25, -0.2) is 0 Å². The van der Waals surface area contributed by atoms with E-state index in [1.54, 1.807) is 6.92 Å². The van der Waals surface area contributed by atoms with E-state index in [9.17, 15) is 4.79 Å². The number of anilines is 1. The van der Waals surface area contributed by atoms with Crippen LogP contribution in [0.25, 0.3) is 0 Å². The van der Waals surface area contributed by atoms with E-state index in [4.69, 9.17) is 0 Å². The standard InChI is InChI=1S/C13H17NO/c1-3-6-12-9-11-7-4-5-8-13(11)14(12)10(2)15/h4-5,7-8,12H,3,6,9H2,1-2H3/t12-/m0/s1. The zero-order valence-electron chi connectivity index (χ0n) is 9.36. The van der Waals surface area contributed by atoms with Crippen LogP contribution in [0.5, 0.6) is 0 Å². The lowest BCUT2D eigenvalue weighted by Gasteiger charge is -2.23. The number of amides is 1. The summed E-state index contributed by atoms with van der Waals surface area (Å²) < 4.78 is 0. The Labute approximate surface area is 90.9 Å². The highest BCUT2D eigenvalue weighted by Crippen LogP contribution is 2.33. The monoisotopic (exact) mass is 203 g/mol. The molecule has 2 heteroatoms.